The second kappa shape index (κ2) is 4.89. The Bertz CT molecular complexity index is 764. The van der Waals surface area contributed by atoms with Crippen LogP contribution in [0.25, 0.3) is 5.95 Å². The summed E-state index contributed by atoms with van der Waals surface area (Å²) in [6.45, 7) is 2.76. The quantitative estimate of drug-likeness (QED) is 0.393. The highest BCUT2D eigenvalue weighted by atomic mass is 16.7. The van der Waals surface area contributed by atoms with Crippen molar-refractivity contribution in [1.29, 1.82) is 0 Å². The molecule has 3 heterocycles. The minimum Gasteiger partial charge on any atom is -0.309 e. The van der Waals surface area contributed by atoms with Gasteiger partial charge in [-0.3, -0.25) is 20.2 Å². The number of aromatic nitrogens is 6. The molecule has 2 aromatic heterocycles. The lowest BCUT2D eigenvalue weighted by atomic mass is 10.0. The van der Waals surface area contributed by atoms with Gasteiger partial charge < -0.3 is 4.90 Å². The average Bonchev–Trinajstić information content (AvgIpc) is 2.76. The Balaban J connectivity index is 1.78. The van der Waals surface area contributed by atoms with E-state index in [9.17, 15) is 20.2 Å². The lowest BCUT2D eigenvalue weighted by Crippen LogP contribution is -2.70. The zero-order chi connectivity index (χ0) is 16.8. The molecule has 0 spiro atoms. The number of rotatable bonds is 4. The molecule has 0 atom stereocenters. The second-order valence-corrected chi connectivity index (χ2v) is 5.19. The first kappa shape index (κ1) is 14.7. The van der Waals surface area contributed by atoms with E-state index in [1.165, 1.54) is 9.58 Å². The molecule has 1 saturated heterocycles. The molecule has 0 radical (unpaired) electrons. The zero-order valence-corrected chi connectivity index (χ0v) is 12.1. The van der Waals surface area contributed by atoms with Crippen LogP contribution in [-0.2, 0) is 0 Å². The fourth-order valence-corrected chi connectivity index (χ4v) is 2.27. The van der Waals surface area contributed by atoms with E-state index in [1.54, 1.807) is 0 Å². The summed E-state index contributed by atoms with van der Waals surface area (Å²) in [5.41, 5.74) is -0.652. The van der Waals surface area contributed by atoms with Crippen LogP contribution in [0.1, 0.15) is 11.4 Å². The Labute approximate surface area is 128 Å². The minimum absolute atomic E-state index is 0.00499. The van der Waals surface area contributed by atoms with Crippen molar-refractivity contribution in [3.63, 3.8) is 0 Å². The van der Waals surface area contributed by atoms with Gasteiger partial charge in [0.05, 0.1) is 5.69 Å². The molecule has 0 saturated carbocycles. The molecule has 0 bridgehead atoms. The van der Waals surface area contributed by atoms with Crippen molar-refractivity contribution in [2.24, 2.45) is 0 Å². The summed E-state index contributed by atoms with van der Waals surface area (Å²) in [6.07, 6.45) is 0. The van der Waals surface area contributed by atoms with Crippen LogP contribution in [0, 0.1) is 34.1 Å². The number of hydrogen-bond acceptors (Lipinski definition) is 10. The molecule has 1 aliphatic heterocycles. The number of anilines is 1. The highest BCUT2D eigenvalue weighted by molar-refractivity contribution is 5.34. The van der Waals surface area contributed by atoms with Gasteiger partial charge in [-0.15, -0.1) is 20.4 Å². The summed E-state index contributed by atoms with van der Waals surface area (Å²) in [5.74, 6) is 0.143. The Morgan fingerprint density at radius 3 is 2.00 bits per heavy atom. The van der Waals surface area contributed by atoms with Gasteiger partial charge in [0.1, 0.15) is 9.85 Å². The van der Waals surface area contributed by atoms with E-state index < -0.39 is 28.6 Å². The molecular formula is C10H11N9O4. The van der Waals surface area contributed by atoms with Crippen molar-refractivity contribution in [2.45, 2.75) is 19.5 Å². The summed E-state index contributed by atoms with van der Waals surface area (Å²) < 4.78 is 1.45. The van der Waals surface area contributed by atoms with Crippen LogP contribution in [0.3, 0.4) is 0 Å². The molecule has 0 unspecified atom stereocenters. The summed E-state index contributed by atoms with van der Waals surface area (Å²) in [5, 5.41) is 41.2. The third kappa shape index (κ3) is 2.21. The molecule has 13 heteroatoms. The van der Waals surface area contributed by atoms with Crippen LogP contribution in [0.4, 0.5) is 5.95 Å². The maximum atomic E-state index is 10.9. The lowest BCUT2D eigenvalue weighted by molar-refractivity contribution is -0.799. The Hall–Kier alpha value is -3.25. The van der Waals surface area contributed by atoms with Crippen LogP contribution < -0.4 is 4.90 Å². The maximum absolute atomic E-state index is 10.9. The van der Waals surface area contributed by atoms with Crippen molar-refractivity contribution in [2.75, 3.05) is 18.0 Å². The number of hydrogen-bond donors (Lipinski definition) is 0. The molecule has 0 aromatic carbocycles. The monoisotopic (exact) mass is 321 g/mol. The molecular weight excluding hydrogens is 310 g/mol. The van der Waals surface area contributed by atoms with E-state index in [1.807, 2.05) is 19.9 Å². The van der Waals surface area contributed by atoms with Crippen molar-refractivity contribution < 1.29 is 9.85 Å². The third-order valence-corrected chi connectivity index (χ3v) is 3.51. The molecule has 1 aliphatic rings. The van der Waals surface area contributed by atoms with E-state index in [0.717, 1.165) is 11.4 Å². The van der Waals surface area contributed by atoms with E-state index >= 15 is 0 Å². The Morgan fingerprint density at radius 2 is 1.57 bits per heavy atom. The van der Waals surface area contributed by atoms with Gasteiger partial charge in [-0.2, -0.15) is 5.10 Å². The fourth-order valence-electron chi connectivity index (χ4n) is 2.27. The van der Waals surface area contributed by atoms with E-state index in [2.05, 4.69) is 25.5 Å². The van der Waals surface area contributed by atoms with Crippen molar-refractivity contribution >= 4 is 5.95 Å². The Morgan fingerprint density at radius 1 is 1.04 bits per heavy atom. The molecule has 13 nitrogen and oxygen atoms in total. The largest absolute Gasteiger partial charge is 0.492 e. The number of aryl methyl sites for hydroxylation is 2. The fraction of sp³-hybridized carbons (Fsp3) is 0.500. The summed E-state index contributed by atoms with van der Waals surface area (Å²) in [7, 11) is 0. The first-order chi connectivity index (χ1) is 10.8. The molecule has 120 valence electrons. The van der Waals surface area contributed by atoms with Gasteiger partial charge >= 0.3 is 5.66 Å². The first-order valence-electron chi connectivity index (χ1n) is 6.48. The molecule has 0 aliphatic carbocycles. The summed E-state index contributed by atoms with van der Waals surface area (Å²) in [4.78, 5) is 21.2. The molecule has 2 aromatic rings. The van der Waals surface area contributed by atoms with Crippen LogP contribution in [0.5, 0.6) is 0 Å². The highest BCUT2D eigenvalue weighted by Crippen LogP contribution is 2.27. The predicted molar refractivity (Wildman–Crippen MR) is 73.2 cm³/mol. The highest BCUT2D eigenvalue weighted by Gasteiger charge is 2.67. The lowest BCUT2D eigenvalue weighted by Gasteiger charge is -2.35. The molecule has 3 rings (SSSR count). The van der Waals surface area contributed by atoms with E-state index in [-0.39, 0.29) is 11.9 Å². The van der Waals surface area contributed by atoms with Gasteiger partial charge in [-0.05, 0) is 19.9 Å². The van der Waals surface area contributed by atoms with E-state index in [4.69, 9.17) is 0 Å². The first-order valence-corrected chi connectivity index (χ1v) is 6.48. The number of nitro groups is 2. The van der Waals surface area contributed by atoms with Gasteiger partial charge in [0.15, 0.2) is 13.1 Å². The van der Waals surface area contributed by atoms with Crippen molar-refractivity contribution in [3.8, 4) is 5.95 Å². The molecule has 0 amide bonds. The molecule has 23 heavy (non-hydrogen) atoms. The SMILES string of the molecule is Cc1cc(C)n(-c2nnc(N3CC([N+](=O)[O-])([N+](=O)[O-])C3)nn2)n1. The molecule has 1 fully saturated rings. The van der Waals surface area contributed by atoms with Gasteiger partial charge in [0.2, 0.25) is 0 Å². The maximum Gasteiger partial charge on any atom is 0.492 e. The standard InChI is InChI=1S/C10H11N9O4/c1-6-3-7(2)17(15-6)9-13-11-8(12-14-9)16-4-10(5-16,18(20)21)19(22)23/h3H,4-5H2,1-2H3. The van der Waals surface area contributed by atoms with E-state index in [0.29, 0.717) is 0 Å². The predicted octanol–water partition coefficient (Wildman–Crippen LogP) is -0.861. The van der Waals surface area contributed by atoms with Gasteiger partial charge in [-0.1, -0.05) is 0 Å². The van der Waals surface area contributed by atoms with Crippen molar-refractivity contribution in [3.05, 3.63) is 37.7 Å². The zero-order valence-electron chi connectivity index (χ0n) is 12.1. The second-order valence-electron chi connectivity index (χ2n) is 5.19. The number of nitrogens with zero attached hydrogens (tertiary/aromatic N) is 9. The Kier molecular flexibility index (Phi) is 3.12. The van der Waals surface area contributed by atoms with Crippen LogP contribution >= 0.6 is 0 Å². The van der Waals surface area contributed by atoms with Gasteiger partial charge in [0.25, 0.3) is 11.9 Å². The normalized spacial score (nSPS) is 16.0. The van der Waals surface area contributed by atoms with Crippen LogP contribution in [-0.4, -0.2) is 58.8 Å². The minimum atomic E-state index is -2.22. The van der Waals surface area contributed by atoms with Gasteiger partial charge in [-0.25, -0.2) is 4.68 Å². The van der Waals surface area contributed by atoms with Gasteiger partial charge in [0, 0.05) is 5.69 Å². The topological polar surface area (TPSA) is 159 Å². The molecule has 0 N–H and O–H groups in total. The summed E-state index contributed by atoms with van der Waals surface area (Å²) >= 11 is 0. The summed E-state index contributed by atoms with van der Waals surface area (Å²) in [6, 6.07) is 1.83. The smallest absolute Gasteiger partial charge is 0.309 e. The average molecular weight is 321 g/mol. The van der Waals surface area contributed by atoms with Crippen LogP contribution in [0.15, 0.2) is 6.07 Å². The third-order valence-electron chi connectivity index (χ3n) is 3.51. The van der Waals surface area contributed by atoms with Crippen molar-refractivity contribution in [1.82, 2.24) is 30.2 Å². The van der Waals surface area contributed by atoms with Crippen LogP contribution in [0.2, 0.25) is 0 Å².